The maximum atomic E-state index is 9.11. The normalized spacial score (nSPS) is 8.87. The molecule has 0 amide bonds. The van der Waals surface area contributed by atoms with Crippen molar-refractivity contribution in [3.8, 4) is 34.8 Å². The molecular weight excluding hydrogens is 376 g/mol. The number of rotatable bonds is 1. The predicted octanol–water partition coefficient (Wildman–Crippen LogP) is 4.67. The Morgan fingerprint density at radius 2 is 0.933 bits per heavy atom. The summed E-state index contributed by atoms with van der Waals surface area (Å²) in [6.45, 7) is 0. The molecule has 6 nitrogen and oxygen atoms in total. The van der Waals surface area contributed by atoms with Gasteiger partial charge in [0.1, 0.15) is 23.6 Å². The van der Waals surface area contributed by atoms with Crippen LogP contribution in [0.2, 0.25) is 0 Å². The number of pyridine rings is 2. The van der Waals surface area contributed by atoms with E-state index in [9.17, 15) is 0 Å². The molecule has 0 radical (unpaired) electrons. The lowest BCUT2D eigenvalue weighted by Crippen LogP contribution is -1.75. The van der Waals surface area contributed by atoms with E-state index in [1.54, 1.807) is 60.9 Å². The lowest BCUT2D eigenvalue weighted by atomic mass is 10.1. The molecule has 4 aromatic rings. The summed E-state index contributed by atoms with van der Waals surface area (Å²) in [7, 11) is 0. The molecule has 0 unspecified atom stereocenters. The summed E-state index contributed by atoms with van der Waals surface area (Å²) in [5.74, 6) is 0.514. The fourth-order valence-corrected chi connectivity index (χ4v) is 2.17. The molecule has 0 aliphatic carbocycles. The first-order valence-electron chi connectivity index (χ1n) is 8.81. The predicted molar refractivity (Wildman–Crippen MR) is 113 cm³/mol. The van der Waals surface area contributed by atoms with Gasteiger partial charge in [0, 0.05) is 24.8 Å². The van der Waals surface area contributed by atoms with Crippen molar-refractivity contribution >= 4 is 0 Å². The molecule has 0 aliphatic rings. The Hall–Kier alpha value is -4.68. The zero-order valence-corrected chi connectivity index (χ0v) is 15.9. The van der Waals surface area contributed by atoms with Crippen LogP contribution < -0.4 is 0 Å². The summed E-state index contributed by atoms with van der Waals surface area (Å²) in [5, 5.41) is 34.7. The van der Waals surface area contributed by atoms with Gasteiger partial charge in [0.2, 0.25) is 0 Å². The van der Waals surface area contributed by atoms with Gasteiger partial charge in [0.25, 0.3) is 0 Å². The van der Waals surface area contributed by atoms with Crippen molar-refractivity contribution in [1.29, 1.82) is 10.5 Å². The molecule has 2 aromatic heterocycles. The van der Waals surface area contributed by atoms with Gasteiger partial charge >= 0.3 is 0 Å². The van der Waals surface area contributed by atoms with Crippen LogP contribution in [0.1, 0.15) is 11.1 Å². The highest BCUT2D eigenvalue weighted by Crippen LogP contribution is 2.23. The van der Waals surface area contributed by atoms with Gasteiger partial charge in [0.05, 0.1) is 11.1 Å². The van der Waals surface area contributed by atoms with Crippen LogP contribution in [0, 0.1) is 22.7 Å². The monoisotopic (exact) mass is 394 g/mol. The van der Waals surface area contributed by atoms with Gasteiger partial charge in [-0.25, -0.2) is 0 Å². The quantitative estimate of drug-likeness (QED) is 0.485. The van der Waals surface area contributed by atoms with Crippen molar-refractivity contribution in [2.45, 2.75) is 0 Å². The van der Waals surface area contributed by atoms with Gasteiger partial charge in [-0.15, -0.1) is 0 Å². The zero-order chi connectivity index (χ0) is 21.6. The number of nitriles is 2. The number of aromatic hydroxyl groups is 2. The van der Waals surface area contributed by atoms with E-state index >= 15 is 0 Å². The Kier molecular flexibility index (Phi) is 8.58. The van der Waals surface area contributed by atoms with Crippen LogP contribution in [0.4, 0.5) is 0 Å². The van der Waals surface area contributed by atoms with Crippen LogP contribution in [0.25, 0.3) is 11.1 Å². The third kappa shape index (κ3) is 7.51. The largest absolute Gasteiger partial charge is 0.508 e. The summed E-state index contributed by atoms with van der Waals surface area (Å²) in [6.07, 6.45) is 6.34. The number of hydrogen-bond acceptors (Lipinski definition) is 6. The van der Waals surface area contributed by atoms with E-state index in [-0.39, 0.29) is 11.5 Å². The Balaban J connectivity index is 0.000000172. The van der Waals surface area contributed by atoms with Crippen LogP contribution in [-0.4, -0.2) is 20.2 Å². The fourth-order valence-electron chi connectivity index (χ4n) is 2.17. The molecular formula is C24H18N4O2. The second kappa shape index (κ2) is 11.9. The first-order valence-corrected chi connectivity index (χ1v) is 8.81. The zero-order valence-electron chi connectivity index (χ0n) is 15.9. The van der Waals surface area contributed by atoms with Crippen LogP contribution in [0.5, 0.6) is 11.5 Å². The molecule has 2 heterocycles. The number of hydrogen-bond donors (Lipinski definition) is 2. The van der Waals surface area contributed by atoms with Gasteiger partial charge in [0.15, 0.2) is 0 Å². The minimum atomic E-state index is 0.257. The van der Waals surface area contributed by atoms with E-state index in [1.807, 2.05) is 36.4 Å². The molecule has 0 aliphatic heterocycles. The molecule has 0 bridgehead atoms. The van der Waals surface area contributed by atoms with Gasteiger partial charge in [-0.1, -0.05) is 24.3 Å². The molecule has 2 aromatic carbocycles. The van der Waals surface area contributed by atoms with E-state index in [0.717, 1.165) is 11.1 Å². The third-order valence-electron chi connectivity index (χ3n) is 3.65. The number of phenolic OH excluding ortho intramolecular Hbond substituents is 2. The highest BCUT2D eigenvalue weighted by molar-refractivity contribution is 5.64. The molecule has 0 saturated heterocycles. The Morgan fingerprint density at radius 1 is 0.567 bits per heavy atom. The van der Waals surface area contributed by atoms with Crippen molar-refractivity contribution in [1.82, 2.24) is 9.97 Å². The summed E-state index contributed by atoms with van der Waals surface area (Å²) >= 11 is 0. The molecule has 6 heteroatoms. The van der Waals surface area contributed by atoms with Crippen LogP contribution in [0.15, 0.2) is 97.6 Å². The molecule has 146 valence electrons. The minimum absolute atomic E-state index is 0.257. The molecule has 2 N–H and O–H groups in total. The SMILES string of the molecule is N#Cc1cccnc1.N#Cc1cccnc1.Oc1ccc(-c2ccc(O)cc2)cc1. The summed E-state index contributed by atoms with van der Waals surface area (Å²) in [4.78, 5) is 7.47. The molecule has 30 heavy (non-hydrogen) atoms. The van der Waals surface area contributed by atoms with Crippen molar-refractivity contribution in [2.75, 3.05) is 0 Å². The third-order valence-corrected chi connectivity index (χ3v) is 3.65. The average Bonchev–Trinajstić information content (AvgIpc) is 2.82. The van der Waals surface area contributed by atoms with E-state index in [4.69, 9.17) is 20.7 Å². The Bertz CT molecular complexity index is 1010. The van der Waals surface area contributed by atoms with Crippen LogP contribution in [0.3, 0.4) is 0 Å². The lowest BCUT2D eigenvalue weighted by molar-refractivity contribution is 0.474. The minimum Gasteiger partial charge on any atom is -0.508 e. The fraction of sp³-hybridized carbons (Fsp3) is 0. The van der Waals surface area contributed by atoms with Crippen molar-refractivity contribution in [2.24, 2.45) is 0 Å². The highest BCUT2D eigenvalue weighted by atomic mass is 16.3. The van der Waals surface area contributed by atoms with Gasteiger partial charge in [-0.2, -0.15) is 10.5 Å². The first-order chi connectivity index (χ1) is 14.6. The Labute approximate surface area is 174 Å². The average molecular weight is 394 g/mol. The van der Waals surface area contributed by atoms with E-state index in [1.165, 1.54) is 12.4 Å². The van der Waals surface area contributed by atoms with Crippen molar-refractivity contribution in [3.63, 3.8) is 0 Å². The molecule has 0 fully saturated rings. The van der Waals surface area contributed by atoms with E-state index < -0.39 is 0 Å². The van der Waals surface area contributed by atoms with Crippen molar-refractivity contribution in [3.05, 3.63) is 109 Å². The maximum absolute atomic E-state index is 9.11. The number of nitrogens with zero attached hydrogens (tertiary/aromatic N) is 4. The summed E-state index contributed by atoms with van der Waals surface area (Å²) in [6, 6.07) is 24.7. The summed E-state index contributed by atoms with van der Waals surface area (Å²) < 4.78 is 0. The van der Waals surface area contributed by atoms with Crippen LogP contribution in [-0.2, 0) is 0 Å². The number of phenols is 2. The van der Waals surface area contributed by atoms with Gasteiger partial charge in [-0.05, 0) is 59.7 Å². The lowest BCUT2D eigenvalue weighted by Gasteiger charge is -2.01. The molecule has 0 saturated carbocycles. The molecule has 0 atom stereocenters. The molecule has 0 spiro atoms. The second-order valence-electron chi connectivity index (χ2n) is 5.80. The Morgan fingerprint density at radius 3 is 1.17 bits per heavy atom. The number of aromatic nitrogens is 2. The van der Waals surface area contributed by atoms with Gasteiger partial charge in [-0.3, -0.25) is 9.97 Å². The smallest absolute Gasteiger partial charge is 0.115 e. The van der Waals surface area contributed by atoms with E-state index in [0.29, 0.717) is 11.1 Å². The van der Waals surface area contributed by atoms with E-state index in [2.05, 4.69) is 9.97 Å². The molecule has 4 rings (SSSR count). The summed E-state index contributed by atoms with van der Waals surface area (Å²) in [5.41, 5.74) is 3.24. The van der Waals surface area contributed by atoms with Crippen LogP contribution >= 0.6 is 0 Å². The maximum Gasteiger partial charge on any atom is 0.115 e. The van der Waals surface area contributed by atoms with Gasteiger partial charge < -0.3 is 10.2 Å². The standard InChI is InChI=1S/C12H10O2.2C6H4N2/c13-11-5-1-9(2-6-11)10-3-7-12(14)8-4-10;2*7-4-6-2-1-3-8-5-6/h1-8,13-14H;2*1-3,5H. The first kappa shape index (κ1) is 21.6. The highest BCUT2D eigenvalue weighted by Gasteiger charge is 1.97. The van der Waals surface area contributed by atoms with Crippen molar-refractivity contribution < 1.29 is 10.2 Å². The second-order valence-corrected chi connectivity index (χ2v) is 5.80. The number of benzene rings is 2. The topological polar surface area (TPSA) is 114 Å².